The first-order valence-corrected chi connectivity index (χ1v) is 9.79. The standard InChI is InChI=1S/C23H22N6O2/c1-15-12-16(2)29(28-15)23-25-20(19-6-4-5-11-24-19)14-21(27-23)26-22(30)13-17-7-9-18(31-3)10-8-17/h4-12,14H,13H2,1-3H3,(H,25,26,27,30). The molecule has 8 heteroatoms. The largest absolute Gasteiger partial charge is 0.497 e. The van der Waals surface area contributed by atoms with Crippen molar-refractivity contribution in [1.29, 1.82) is 0 Å². The molecule has 1 amide bonds. The minimum absolute atomic E-state index is 0.185. The number of carbonyl (C=O) groups excluding carboxylic acids is 1. The van der Waals surface area contributed by atoms with E-state index in [1.165, 1.54) is 0 Å². The Morgan fingerprint density at radius 1 is 1.03 bits per heavy atom. The summed E-state index contributed by atoms with van der Waals surface area (Å²) in [6.07, 6.45) is 1.91. The van der Waals surface area contributed by atoms with Crippen LogP contribution in [0.25, 0.3) is 17.3 Å². The lowest BCUT2D eigenvalue weighted by molar-refractivity contribution is -0.115. The van der Waals surface area contributed by atoms with Crippen LogP contribution in [0.3, 0.4) is 0 Å². The van der Waals surface area contributed by atoms with Crippen LogP contribution in [0.4, 0.5) is 5.82 Å². The fraction of sp³-hybridized carbons (Fsp3) is 0.174. The minimum Gasteiger partial charge on any atom is -0.497 e. The Morgan fingerprint density at radius 2 is 1.84 bits per heavy atom. The Balaban J connectivity index is 1.64. The SMILES string of the molecule is COc1ccc(CC(=O)Nc2cc(-c3ccccn3)nc(-n3nc(C)cc3C)n2)cc1. The molecule has 4 aromatic rings. The highest BCUT2D eigenvalue weighted by Crippen LogP contribution is 2.20. The number of methoxy groups -OCH3 is 1. The highest BCUT2D eigenvalue weighted by atomic mass is 16.5. The zero-order chi connectivity index (χ0) is 21.8. The first-order valence-electron chi connectivity index (χ1n) is 9.79. The van der Waals surface area contributed by atoms with Gasteiger partial charge in [0, 0.05) is 18.0 Å². The van der Waals surface area contributed by atoms with E-state index in [1.807, 2.05) is 62.4 Å². The maximum absolute atomic E-state index is 12.7. The van der Waals surface area contributed by atoms with Crippen molar-refractivity contribution in [3.63, 3.8) is 0 Å². The van der Waals surface area contributed by atoms with Crippen molar-refractivity contribution in [1.82, 2.24) is 24.7 Å². The molecule has 0 unspecified atom stereocenters. The molecule has 0 aliphatic carbocycles. The third-order valence-electron chi connectivity index (χ3n) is 4.63. The van der Waals surface area contributed by atoms with Gasteiger partial charge in [0.1, 0.15) is 11.6 Å². The van der Waals surface area contributed by atoms with Crippen LogP contribution in [-0.2, 0) is 11.2 Å². The maximum Gasteiger partial charge on any atom is 0.253 e. The van der Waals surface area contributed by atoms with E-state index in [0.717, 1.165) is 22.7 Å². The van der Waals surface area contributed by atoms with E-state index in [4.69, 9.17) is 4.74 Å². The van der Waals surface area contributed by atoms with Crippen LogP contribution in [0, 0.1) is 13.8 Å². The fourth-order valence-electron chi connectivity index (χ4n) is 3.19. The van der Waals surface area contributed by atoms with E-state index < -0.39 is 0 Å². The van der Waals surface area contributed by atoms with Crippen molar-refractivity contribution < 1.29 is 9.53 Å². The van der Waals surface area contributed by atoms with Gasteiger partial charge in [0.05, 0.1) is 30.6 Å². The Morgan fingerprint density at radius 3 is 2.48 bits per heavy atom. The number of anilines is 1. The van der Waals surface area contributed by atoms with Crippen LogP contribution >= 0.6 is 0 Å². The Kier molecular flexibility index (Phi) is 5.70. The summed E-state index contributed by atoms with van der Waals surface area (Å²) in [5, 5.41) is 7.34. The third-order valence-corrected chi connectivity index (χ3v) is 4.63. The Bertz CT molecular complexity index is 1200. The van der Waals surface area contributed by atoms with E-state index in [-0.39, 0.29) is 12.3 Å². The summed E-state index contributed by atoms with van der Waals surface area (Å²) in [4.78, 5) is 26.2. The third kappa shape index (κ3) is 4.75. The predicted molar refractivity (Wildman–Crippen MR) is 117 cm³/mol. The molecule has 0 bridgehead atoms. The number of pyridine rings is 1. The average Bonchev–Trinajstić information content (AvgIpc) is 3.12. The van der Waals surface area contributed by atoms with E-state index in [2.05, 4.69) is 25.4 Å². The molecule has 3 aromatic heterocycles. The number of rotatable bonds is 6. The number of carbonyl (C=O) groups is 1. The summed E-state index contributed by atoms with van der Waals surface area (Å²) in [7, 11) is 1.61. The molecule has 156 valence electrons. The zero-order valence-electron chi connectivity index (χ0n) is 17.5. The van der Waals surface area contributed by atoms with Crippen LogP contribution in [0.15, 0.2) is 60.8 Å². The summed E-state index contributed by atoms with van der Waals surface area (Å²) in [6.45, 7) is 3.84. The second-order valence-electron chi connectivity index (χ2n) is 7.07. The smallest absolute Gasteiger partial charge is 0.253 e. The molecule has 8 nitrogen and oxygen atoms in total. The fourth-order valence-corrected chi connectivity index (χ4v) is 3.19. The van der Waals surface area contributed by atoms with Crippen molar-refractivity contribution in [2.24, 2.45) is 0 Å². The van der Waals surface area contributed by atoms with Crippen LogP contribution in [-0.4, -0.2) is 37.7 Å². The first kappa shape index (κ1) is 20.2. The molecule has 0 fully saturated rings. The number of hydrogen-bond donors (Lipinski definition) is 1. The topological polar surface area (TPSA) is 94.8 Å². The van der Waals surface area contributed by atoms with Gasteiger partial charge >= 0.3 is 0 Å². The zero-order valence-corrected chi connectivity index (χ0v) is 17.5. The van der Waals surface area contributed by atoms with Crippen LogP contribution < -0.4 is 10.1 Å². The van der Waals surface area contributed by atoms with Gasteiger partial charge in [-0.15, -0.1) is 0 Å². The molecule has 3 heterocycles. The van der Waals surface area contributed by atoms with Crippen LogP contribution in [0.1, 0.15) is 17.0 Å². The highest BCUT2D eigenvalue weighted by Gasteiger charge is 2.14. The van der Waals surface area contributed by atoms with Gasteiger partial charge in [-0.3, -0.25) is 9.78 Å². The lowest BCUT2D eigenvalue weighted by atomic mass is 10.1. The molecule has 31 heavy (non-hydrogen) atoms. The molecule has 0 saturated carbocycles. The Labute approximate surface area is 180 Å². The molecule has 0 aliphatic rings. The molecule has 0 radical (unpaired) electrons. The van der Waals surface area contributed by atoms with Crippen molar-refractivity contribution in [3.05, 3.63) is 77.7 Å². The van der Waals surface area contributed by atoms with E-state index in [1.54, 1.807) is 24.1 Å². The molecule has 0 saturated heterocycles. The number of aryl methyl sites for hydroxylation is 2. The Hall–Kier alpha value is -4.07. The van der Waals surface area contributed by atoms with Crippen molar-refractivity contribution in [2.45, 2.75) is 20.3 Å². The normalized spacial score (nSPS) is 10.7. The molecular weight excluding hydrogens is 392 g/mol. The molecule has 1 N–H and O–H groups in total. The maximum atomic E-state index is 12.7. The quantitative estimate of drug-likeness (QED) is 0.519. The van der Waals surface area contributed by atoms with Gasteiger partial charge in [-0.05, 0) is 49.7 Å². The van der Waals surface area contributed by atoms with Crippen molar-refractivity contribution in [3.8, 4) is 23.1 Å². The lowest BCUT2D eigenvalue weighted by Gasteiger charge is -2.10. The number of nitrogens with zero attached hydrogens (tertiary/aromatic N) is 5. The van der Waals surface area contributed by atoms with Gasteiger partial charge in [-0.1, -0.05) is 18.2 Å². The number of ether oxygens (including phenoxy) is 1. The average molecular weight is 414 g/mol. The van der Waals surface area contributed by atoms with E-state index >= 15 is 0 Å². The number of benzene rings is 1. The number of nitrogens with one attached hydrogen (secondary N) is 1. The molecule has 0 atom stereocenters. The summed E-state index contributed by atoms with van der Waals surface area (Å²) in [6, 6.07) is 16.6. The summed E-state index contributed by atoms with van der Waals surface area (Å²) < 4.78 is 6.81. The molecule has 0 spiro atoms. The first-order chi connectivity index (χ1) is 15.0. The van der Waals surface area contributed by atoms with Crippen LogP contribution in [0.2, 0.25) is 0 Å². The van der Waals surface area contributed by atoms with Gasteiger partial charge < -0.3 is 10.1 Å². The molecule has 1 aromatic carbocycles. The summed E-state index contributed by atoms with van der Waals surface area (Å²) >= 11 is 0. The highest BCUT2D eigenvalue weighted by molar-refractivity contribution is 5.91. The van der Waals surface area contributed by atoms with Gasteiger partial charge in [-0.2, -0.15) is 10.1 Å². The predicted octanol–water partition coefficient (Wildman–Crippen LogP) is 3.53. The monoisotopic (exact) mass is 414 g/mol. The van der Waals surface area contributed by atoms with E-state index in [0.29, 0.717) is 23.2 Å². The molecule has 4 rings (SSSR count). The van der Waals surface area contributed by atoms with Crippen molar-refractivity contribution in [2.75, 3.05) is 12.4 Å². The summed E-state index contributed by atoms with van der Waals surface area (Å²) in [5.74, 6) is 1.31. The van der Waals surface area contributed by atoms with Crippen molar-refractivity contribution >= 4 is 11.7 Å². The lowest BCUT2D eigenvalue weighted by Crippen LogP contribution is -2.17. The van der Waals surface area contributed by atoms with Gasteiger partial charge in [0.2, 0.25) is 5.91 Å². The van der Waals surface area contributed by atoms with Gasteiger partial charge in [0.25, 0.3) is 5.95 Å². The second-order valence-corrected chi connectivity index (χ2v) is 7.07. The molecular formula is C23H22N6O2. The van der Waals surface area contributed by atoms with Gasteiger partial charge in [-0.25, -0.2) is 9.67 Å². The number of amides is 1. The second kappa shape index (κ2) is 8.74. The molecule has 0 aliphatic heterocycles. The number of aromatic nitrogens is 5. The summed E-state index contributed by atoms with van der Waals surface area (Å²) in [5.41, 5.74) is 3.90. The van der Waals surface area contributed by atoms with Crippen LogP contribution in [0.5, 0.6) is 5.75 Å². The van der Waals surface area contributed by atoms with Gasteiger partial charge in [0.15, 0.2) is 0 Å². The minimum atomic E-state index is -0.185. The van der Waals surface area contributed by atoms with E-state index in [9.17, 15) is 4.79 Å². The number of hydrogen-bond acceptors (Lipinski definition) is 6.